The lowest BCUT2D eigenvalue weighted by atomic mass is 10.1. The van der Waals surface area contributed by atoms with Crippen LogP contribution in [-0.4, -0.2) is 68.5 Å². The lowest BCUT2D eigenvalue weighted by Gasteiger charge is -2.47. The van der Waals surface area contributed by atoms with Crippen LogP contribution in [-0.2, 0) is 20.1 Å². The van der Waals surface area contributed by atoms with Crippen LogP contribution in [0.3, 0.4) is 0 Å². The number of hydrogen-bond donors (Lipinski definition) is 4. The fourth-order valence-electron chi connectivity index (χ4n) is 3.60. The molecule has 6 N–H and O–H groups in total. The number of carbonyl (C=O) groups is 3. The molecule has 0 aromatic carbocycles. The first-order chi connectivity index (χ1) is 18.4. The zero-order valence-corrected chi connectivity index (χ0v) is 22.9. The van der Waals surface area contributed by atoms with E-state index in [1.165, 1.54) is 17.1 Å². The number of nitrogen functional groups attached to an aromatic ring is 1. The molecule has 4 rings (SSSR count). The number of hydrogen-bond acceptors (Lipinski definition) is 13. The van der Waals surface area contributed by atoms with Gasteiger partial charge in [0.05, 0.1) is 12.0 Å². The van der Waals surface area contributed by atoms with Crippen molar-refractivity contribution in [3.05, 3.63) is 51.1 Å². The molecule has 3 amide bonds. The smallest absolute Gasteiger partial charge is 0.255 e. The number of nitroso groups, excluding NO2 is 1. The third-order valence-corrected chi connectivity index (χ3v) is 9.78. The van der Waals surface area contributed by atoms with Gasteiger partial charge < -0.3 is 27.0 Å². The number of fused-ring (bicyclic) bond motifs is 1. The topological polar surface area (TPSA) is 198 Å². The van der Waals surface area contributed by atoms with Crippen LogP contribution >= 0.6 is 46.6 Å². The van der Waals surface area contributed by atoms with Gasteiger partial charge in [-0.1, -0.05) is 11.8 Å². The number of nitrogens with zero attached hydrogens (tertiary/aromatic N) is 5. The van der Waals surface area contributed by atoms with E-state index in [0.717, 1.165) is 33.0 Å². The standard InChI is InChI=1S/C21H23N9O4S4/c22-9-25-15(26-10-31)8-35-5-11-3-24-2-1-14(11)38-12-4-30-19(33)17(20(30)36-6-12)28-18(32)16(29-34)13-7-37-21(23)27-13/h1-4,7,9-10,15-17,20H,5-6,8H2,(H2,22,25)(H2,23,27)(H,26,31)(H,28,32)/t15?,16?,17-,20+/m1/s1. The first-order valence-corrected chi connectivity index (χ1v) is 14.9. The van der Waals surface area contributed by atoms with E-state index < -0.39 is 24.2 Å². The predicted octanol–water partition coefficient (Wildman–Crippen LogP) is 1.25. The summed E-state index contributed by atoms with van der Waals surface area (Å²) in [5.41, 5.74) is 12.1. The van der Waals surface area contributed by atoms with Gasteiger partial charge >= 0.3 is 0 Å². The Labute approximate surface area is 234 Å². The highest BCUT2D eigenvalue weighted by Crippen LogP contribution is 2.42. The first-order valence-electron chi connectivity index (χ1n) is 11.0. The number of nitrogens with two attached hydrogens (primary N) is 2. The molecule has 4 atom stereocenters. The Kier molecular flexibility index (Phi) is 9.59. The van der Waals surface area contributed by atoms with Crippen molar-refractivity contribution in [2.24, 2.45) is 15.9 Å². The maximum Gasteiger partial charge on any atom is 0.255 e. The highest BCUT2D eigenvalue weighted by Gasteiger charge is 2.50. The molecule has 0 spiro atoms. The van der Waals surface area contributed by atoms with E-state index in [1.807, 2.05) is 6.07 Å². The van der Waals surface area contributed by atoms with Gasteiger partial charge in [0.1, 0.15) is 17.6 Å². The Bertz CT molecular complexity index is 1260. The number of anilines is 1. The molecule has 2 aromatic heterocycles. The lowest BCUT2D eigenvalue weighted by molar-refractivity contribution is -0.145. The summed E-state index contributed by atoms with van der Waals surface area (Å²) in [4.78, 5) is 63.2. The van der Waals surface area contributed by atoms with Gasteiger partial charge in [-0.05, 0) is 16.8 Å². The van der Waals surface area contributed by atoms with Crippen LogP contribution in [0, 0.1) is 4.91 Å². The molecule has 17 heteroatoms. The molecule has 2 aromatic rings. The molecule has 13 nitrogen and oxygen atoms in total. The molecular formula is C21H23N9O4S4. The minimum Gasteiger partial charge on any atom is -0.390 e. The largest absolute Gasteiger partial charge is 0.390 e. The van der Waals surface area contributed by atoms with Gasteiger partial charge in [-0.25, -0.2) is 4.98 Å². The van der Waals surface area contributed by atoms with Crippen LogP contribution in [0.5, 0.6) is 0 Å². The van der Waals surface area contributed by atoms with Crippen LogP contribution in [0.2, 0.25) is 0 Å². The van der Waals surface area contributed by atoms with Gasteiger partial charge in [-0.3, -0.25) is 24.4 Å². The average molecular weight is 594 g/mol. The maximum atomic E-state index is 12.8. The number of pyridine rings is 1. The number of aromatic nitrogens is 2. The molecule has 200 valence electrons. The van der Waals surface area contributed by atoms with E-state index >= 15 is 0 Å². The molecule has 2 unspecified atom stereocenters. The summed E-state index contributed by atoms with van der Waals surface area (Å²) in [5, 5.41) is 9.55. The minimum atomic E-state index is -1.37. The number of carbonyl (C=O) groups excluding carboxylic acids is 3. The highest BCUT2D eigenvalue weighted by molar-refractivity contribution is 8.06. The Morgan fingerprint density at radius 1 is 1.42 bits per heavy atom. The van der Waals surface area contributed by atoms with Crippen LogP contribution in [0.1, 0.15) is 17.3 Å². The van der Waals surface area contributed by atoms with E-state index in [2.05, 4.69) is 30.8 Å². The first kappa shape index (κ1) is 27.9. The number of rotatable bonds is 13. The fourth-order valence-corrected chi connectivity index (χ4v) is 7.64. The molecule has 0 saturated carbocycles. The van der Waals surface area contributed by atoms with Crippen LogP contribution in [0.4, 0.5) is 5.13 Å². The SMILES string of the molecule is NC=NC(CSCc1cnccc1SC1=CN2C(=O)[C@@H](NC(=O)C(N=O)c3csc(N)n3)[C@@H]2SC1)NC=O. The van der Waals surface area contributed by atoms with Crippen molar-refractivity contribution >= 4 is 76.3 Å². The molecule has 2 aliphatic heterocycles. The van der Waals surface area contributed by atoms with Crippen molar-refractivity contribution < 1.29 is 14.4 Å². The van der Waals surface area contributed by atoms with Crippen LogP contribution in [0.15, 0.2) is 50.0 Å². The van der Waals surface area contributed by atoms with Crippen LogP contribution in [0.25, 0.3) is 0 Å². The average Bonchev–Trinajstić information content (AvgIpc) is 3.34. The third-order valence-electron chi connectivity index (χ3n) is 5.39. The summed E-state index contributed by atoms with van der Waals surface area (Å²) >= 11 is 5.75. The van der Waals surface area contributed by atoms with Crippen molar-refractivity contribution in [3.63, 3.8) is 0 Å². The van der Waals surface area contributed by atoms with Crippen molar-refractivity contribution in [2.45, 2.75) is 34.3 Å². The van der Waals surface area contributed by atoms with Gasteiger partial charge in [0.2, 0.25) is 12.5 Å². The van der Waals surface area contributed by atoms with E-state index in [4.69, 9.17) is 11.5 Å². The second kappa shape index (κ2) is 13.1. The second-order valence-corrected chi connectivity index (χ2v) is 12.0. The molecule has 1 fully saturated rings. The summed E-state index contributed by atoms with van der Waals surface area (Å²) in [6.45, 7) is 0. The molecule has 0 aliphatic carbocycles. The number of thiazole rings is 1. The number of aliphatic imine (C=N–C) groups is 1. The van der Waals surface area contributed by atoms with E-state index in [1.54, 1.807) is 47.0 Å². The Morgan fingerprint density at radius 3 is 2.97 bits per heavy atom. The summed E-state index contributed by atoms with van der Waals surface area (Å²) in [6, 6.07) is -0.210. The van der Waals surface area contributed by atoms with E-state index in [-0.39, 0.29) is 22.1 Å². The van der Waals surface area contributed by atoms with Crippen molar-refractivity contribution in [1.82, 2.24) is 25.5 Å². The fraction of sp³-hybridized carbons (Fsp3) is 0.333. The summed E-state index contributed by atoms with van der Waals surface area (Å²) in [5.74, 6) is 0.862. The quantitative estimate of drug-likeness (QED) is 0.0857. The second-order valence-electron chi connectivity index (χ2n) is 7.85. The normalized spacial score (nSPS) is 20.2. The van der Waals surface area contributed by atoms with Gasteiger partial charge in [0.15, 0.2) is 5.13 Å². The van der Waals surface area contributed by atoms with Crippen molar-refractivity contribution in [3.8, 4) is 0 Å². The van der Waals surface area contributed by atoms with Crippen molar-refractivity contribution in [2.75, 3.05) is 17.2 Å². The maximum absolute atomic E-state index is 12.8. The van der Waals surface area contributed by atoms with E-state index in [0.29, 0.717) is 23.7 Å². The van der Waals surface area contributed by atoms with E-state index in [9.17, 15) is 19.3 Å². The summed E-state index contributed by atoms with van der Waals surface area (Å²) in [7, 11) is 0. The zero-order chi connectivity index (χ0) is 27.1. The molecule has 38 heavy (non-hydrogen) atoms. The Morgan fingerprint density at radius 2 is 2.26 bits per heavy atom. The molecule has 2 aliphatic rings. The molecule has 0 bridgehead atoms. The molecule has 0 radical (unpaired) electrons. The van der Waals surface area contributed by atoms with Gasteiger partial charge in [-0.2, -0.15) is 11.8 Å². The van der Waals surface area contributed by atoms with Crippen LogP contribution < -0.4 is 22.1 Å². The summed E-state index contributed by atoms with van der Waals surface area (Å²) in [6.07, 6.45) is 6.63. The molecule has 1 saturated heterocycles. The number of nitrogens with one attached hydrogen (secondary N) is 2. The Balaban J connectivity index is 1.35. The zero-order valence-electron chi connectivity index (χ0n) is 19.6. The monoisotopic (exact) mass is 593 g/mol. The number of amides is 3. The van der Waals surface area contributed by atoms with Gasteiger partial charge in [0, 0.05) is 51.0 Å². The predicted molar refractivity (Wildman–Crippen MR) is 150 cm³/mol. The number of thioether (sulfide) groups is 3. The third kappa shape index (κ3) is 6.46. The molecule has 4 heterocycles. The number of β-lactam (4-membered cyclic amide) rings is 1. The lowest BCUT2D eigenvalue weighted by Crippen LogP contribution is -2.68. The highest BCUT2D eigenvalue weighted by atomic mass is 32.2. The Hall–Kier alpha value is -3.15. The van der Waals surface area contributed by atoms with Gasteiger partial charge in [-0.15, -0.1) is 28.0 Å². The van der Waals surface area contributed by atoms with Crippen molar-refractivity contribution in [1.29, 1.82) is 0 Å². The minimum absolute atomic E-state index is 0.160. The summed E-state index contributed by atoms with van der Waals surface area (Å²) < 4.78 is 0. The van der Waals surface area contributed by atoms with Gasteiger partial charge in [0.25, 0.3) is 11.8 Å². The molecular weight excluding hydrogens is 571 g/mol.